The smallest absolute Gasteiger partial charge is 0.328 e. The Kier molecular flexibility index (Phi) is 12.2. The van der Waals surface area contributed by atoms with Crippen molar-refractivity contribution in [3.63, 3.8) is 0 Å². The summed E-state index contributed by atoms with van der Waals surface area (Å²) in [4.78, 5) is 48.7. The maximum Gasteiger partial charge on any atom is 0.328 e. The van der Waals surface area contributed by atoms with E-state index in [4.69, 9.17) is 15.9 Å². The predicted molar refractivity (Wildman–Crippen MR) is 109 cm³/mol. The molecule has 0 bridgehead atoms. The van der Waals surface area contributed by atoms with Crippen LogP contribution in [0, 0.1) is 11.8 Å². The van der Waals surface area contributed by atoms with Gasteiger partial charge in [0.2, 0.25) is 17.7 Å². The van der Waals surface area contributed by atoms with E-state index in [2.05, 4.69) is 16.0 Å². The molecule has 0 aliphatic rings. The first kappa shape index (κ1) is 27.8. The maximum atomic E-state index is 12.9. The summed E-state index contributed by atoms with van der Waals surface area (Å²) in [5.74, 6) is -3.83. The molecule has 8 N–H and O–H groups in total. The number of carboxylic acids is 1. The summed E-state index contributed by atoms with van der Waals surface area (Å²) >= 11 is 0. The minimum Gasteiger partial charge on any atom is -0.480 e. The zero-order valence-corrected chi connectivity index (χ0v) is 18.2. The number of hydrogen-bond acceptors (Lipinski definition) is 7. The topological polar surface area (TPSA) is 191 Å². The lowest BCUT2D eigenvalue weighted by Crippen LogP contribution is -2.59. The van der Waals surface area contributed by atoms with Crippen molar-refractivity contribution in [1.29, 1.82) is 0 Å². The Morgan fingerprint density at radius 1 is 0.900 bits per heavy atom. The normalized spacial score (nSPS) is 17.2. The Morgan fingerprint density at radius 2 is 1.43 bits per heavy atom. The molecule has 0 radical (unpaired) electrons. The van der Waals surface area contributed by atoms with E-state index in [-0.39, 0.29) is 18.3 Å². The number of rotatable bonds is 13. The van der Waals surface area contributed by atoms with E-state index in [1.54, 1.807) is 13.8 Å². The number of carbonyl (C=O) groups is 4. The molecule has 0 saturated heterocycles. The van der Waals surface area contributed by atoms with Crippen LogP contribution in [0.2, 0.25) is 0 Å². The second kappa shape index (κ2) is 13.1. The fraction of sp³-hybridized carbons (Fsp3) is 0.789. The van der Waals surface area contributed by atoms with Gasteiger partial charge in [0.05, 0.1) is 12.7 Å². The van der Waals surface area contributed by atoms with E-state index in [1.807, 2.05) is 13.8 Å². The summed E-state index contributed by atoms with van der Waals surface area (Å²) in [6.07, 6.45) is -0.353. The molecule has 0 rings (SSSR count). The number of carbonyl (C=O) groups excluding carboxylic acids is 3. The highest BCUT2D eigenvalue weighted by atomic mass is 16.4. The third-order valence-electron chi connectivity index (χ3n) is 4.75. The molecule has 11 heteroatoms. The zero-order chi connectivity index (χ0) is 23.6. The van der Waals surface area contributed by atoms with Gasteiger partial charge in [-0.25, -0.2) is 4.79 Å². The highest BCUT2D eigenvalue weighted by molar-refractivity contribution is 5.94. The van der Waals surface area contributed by atoms with Crippen LogP contribution in [0.15, 0.2) is 0 Å². The van der Waals surface area contributed by atoms with Crippen LogP contribution >= 0.6 is 0 Å². The first-order chi connectivity index (χ1) is 13.8. The summed E-state index contributed by atoms with van der Waals surface area (Å²) in [5, 5.41) is 34.9. The van der Waals surface area contributed by atoms with Crippen molar-refractivity contribution in [3.05, 3.63) is 0 Å². The average Bonchev–Trinajstić information content (AvgIpc) is 2.67. The Balaban J connectivity index is 5.49. The molecule has 30 heavy (non-hydrogen) atoms. The SMILES string of the molecule is CCC(C)C(NC(=O)C(CC(C)C)NC(=O)C(N)C(C)O)C(=O)NC(CO)C(=O)O. The minimum absolute atomic E-state index is 0.0190. The number of aliphatic carboxylic acids is 1. The molecular weight excluding hydrogens is 396 g/mol. The molecule has 0 aromatic carbocycles. The molecule has 0 heterocycles. The third-order valence-corrected chi connectivity index (χ3v) is 4.75. The molecule has 11 nitrogen and oxygen atoms in total. The summed E-state index contributed by atoms with van der Waals surface area (Å²) in [5.41, 5.74) is 5.62. The predicted octanol–water partition coefficient (Wildman–Crippen LogP) is -1.68. The van der Waals surface area contributed by atoms with Crippen molar-refractivity contribution in [2.45, 2.75) is 77.7 Å². The first-order valence-electron chi connectivity index (χ1n) is 10.0. The fourth-order valence-corrected chi connectivity index (χ4v) is 2.59. The summed E-state index contributed by atoms with van der Waals surface area (Å²) in [6.45, 7) is 7.75. The number of aliphatic hydroxyl groups is 2. The first-order valence-corrected chi connectivity index (χ1v) is 10.0. The van der Waals surface area contributed by atoms with Crippen LogP contribution in [-0.4, -0.2) is 75.9 Å². The van der Waals surface area contributed by atoms with Gasteiger partial charge in [0.1, 0.15) is 24.2 Å². The second-order valence-corrected chi connectivity index (χ2v) is 7.91. The molecule has 0 aliphatic carbocycles. The van der Waals surface area contributed by atoms with E-state index in [1.165, 1.54) is 6.92 Å². The van der Waals surface area contributed by atoms with Crippen molar-refractivity contribution in [2.75, 3.05) is 6.61 Å². The number of nitrogens with one attached hydrogen (secondary N) is 3. The quantitative estimate of drug-likeness (QED) is 0.179. The van der Waals surface area contributed by atoms with E-state index in [0.717, 1.165) is 0 Å². The molecule has 0 fully saturated rings. The highest BCUT2D eigenvalue weighted by Gasteiger charge is 2.33. The van der Waals surface area contributed by atoms with Crippen molar-refractivity contribution in [3.8, 4) is 0 Å². The molecule has 0 saturated carbocycles. The van der Waals surface area contributed by atoms with Gasteiger partial charge < -0.3 is 37.0 Å². The lowest BCUT2D eigenvalue weighted by molar-refractivity contribution is -0.143. The van der Waals surface area contributed by atoms with Crippen molar-refractivity contribution in [2.24, 2.45) is 17.6 Å². The molecule has 6 unspecified atom stereocenters. The number of nitrogens with two attached hydrogens (primary N) is 1. The van der Waals surface area contributed by atoms with Crippen molar-refractivity contribution >= 4 is 23.7 Å². The van der Waals surface area contributed by atoms with Crippen LogP contribution in [-0.2, 0) is 19.2 Å². The lowest BCUT2D eigenvalue weighted by Gasteiger charge is -2.28. The monoisotopic (exact) mass is 432 g/mol. The van der Waals surface area contributed by atoms with Crippen LogP contribution in [0.4, 0.5) is 0 Å². The van der Waals surface area contributed by atoms with Gasteiger partial charge in [-0.1, -0.05) is 34.1 Å². The van der Waals surface area contributed by atoms with Crippen LogP contribution in [0.1, 0.15) is 47.5 Å². The van der Waals surface area contributed by atoms with Gasteiger partial charge in [0.25, 0.3) is 0 Å². The Morgan fingerprint density at radius 3 is 1.83 bits per heavy atom. The van der Waals surface area contributed by atoms with Gasteiger partial charge in [-0.05, 0) is 25.2 Å². The van der Waals surface area contributed by atoms with Gasteiger partial charge in [0, 0.05) is 0 Å². The van der Waals surface area contributed by atoms with Gasteiger partial charge in [-0.2, -0.15) is 0 Å². The minimum atomic E-state index is -1.50. The lowest BCUT2D eigenvalue weighted by atomic mass is 9.96. The van der Waals surface area contributed by atoms with E-state index in [9.17, 15) is 24.3 Å². The summed E-state index contributed by atoms with van der Waals surface area (Å²) in [7, 11) is 0. The number of amides is 3. The molecule has 6 atom stereocenters. The fourth-order valence-electron chi connectivity index (χ4n) is 2.59. The molecule has 0 aromatic rings. The van der Waals surface area contributed by atoms with E-state index in [0.29, 0.717) is 6.42 Å². The highest BCUT2D eigenvalue weighted by Crippen LogP contribution is 2.11. The number of aliphatic hydroxyl groups excluding tert-OH is 2. The number of carboxylic acid groups (broad SMARTS) is 1. The zero-order valence-electron chi connectivity index (χ0n) is 18.2. The van der Waals surface area contributed by atoms with Gasteiger partial charge in [0.15, 0.2) is 0 Å². The molecule has 0 spiro atoms. The van der Waals surface area contributed by atoms with Crippen molar-refractivity contribution < 1.29 is 34.5 Å². The second-order valence-electron chi connectivity index (χ2n) is 7.91. The van der Waals surface area contributed by atoms with Crippen LogP contribution in [0.25, 0.3) is 0 Å². The maximum absolute atomic E-state index is 12.9. The molecule has 3 amide bonds. The van der Waals surface area contributed by atoms with Gasteiger partial charge in [-0.3, -0.25) is 14.4 Å². The Bertz CT molecular complexity index is 597. The molecule has 0 aromatic heterocycles. The Hall–Kier alpha value is -2.24. The largest absolute Gasteiger partial charge is 0.480 e. The van der Waals surface area contributed by atoms with E-state index >= 15 is 0 Å². The Labute approximate surface area is 176 Å². The third kappa shape index (κ3) is 9.06. The van der Waals surface area contributed by atoms with E-state index < -0.39 is 60.6 Å². The van der Waals surface area contributed by atoms with Crippen LogP contribution < -0.4 is 21.7 Å². The molecular formula is C19H36N4O7. The standard InChI is InChI=1S/C19H36N4O7/c1-6-10(4)15(18(28)22-13(8-24)19(29)30)23-16(26)12(7-9(2)3)21-17(27)14(20)11(5)25/h9-15,24-25H,6-8,20H2,1-5H3,(H,21,27)(H,22,28)(H,23,26)(H,29,30). The number of hydrogen-bond donors (Lipinski definition) is 7. The average molecular weight is 433 g/mol. The summed E-state index contributed by atoms with van der Waals surface area (Å²) in [6, 6.07) is -4.80. The molecule has 174 valence electrons. The van der Waals surface area contributed by atoms with Crippen LogP contribution in [0.3, 0.4) is 0 Å². The van der Waals surface area contributed by atoms with Gasteiger partial charge >= 0.3 is 5.97 Å². The van der Waals surface area contributed by atoms with Crippen molar-refractivity contribution in [1.82, 2.24) is 16.0 Å². The van der Waals surface area contributed by atoms with Gasteiger partial charge in [-0.15, -0.1) is 0 Å². The molecule has 0 aliphatic heterocycles. The summed E-state index contributed by atoms with van der Waals surface area (Å²) < 4.78 is 0. The van der Waals surface area contributed by atoms with Crippen LogP contribution in [0.5, 0.6) is 0 Å².